The van der Waals surface area contributed by atoms with Crippen LogP contribution in [-0.2, 0) is 16.6 Å². The van der Waals surface area contributed by atoms with E-state index in [4.69, 9.17) is 16.3 Å². The van der Waals surface area contributed by atoms with Crippen molar-refractivity contribution in [2.24, 2.45) is 0 Å². The van der Waals surface area contributed by atoms with E-state index < -0.39 is 23.4 Å². The van der Waals surface area contributed by atoms with Gasteiger partial charge in [0, 0.05) is 30.5 Å². The van der Waals surface area contributed by atoms with Crippen molar-refractivity contribution in [3.8, 4) is 5.75 Å². The highest BCUT2D eigenvalue weighted by molar-refractivity contribution is 7.07. The van der Waals surface area contributed by atoms with Crippen LogP contribution in [0.4, 0.5) is 10.5 Å². The average molecular weight is 571 g/mol. The summed E-state index contributed by atoms with van der Waals surface area (Å²) in [4.78, 5) is 47.2. The number of urea groups is 1. The van der Waals surface area contributed by atoms with Crippen LogP contribution in [0.3, 0.4) is 0 Å². The monoisotopic (exact) mass is 570 g/mol. The lowest BCUT2D eigenvalue weighted by atomic mass is 9.85. The standard InChI is InChI=1S/C28H31ClN4O5S/c1-27(2,3)20-10-9-18(13-23(20)38-4)24(34)33-12-11-32(26(37)31-22-8-6-5-7-21(22)29)16-28(33,25(35)36)14-19-15-39-17-30-19/h5-10,13,15,17H,11-12,14,16H2,1-4H3,(H,31,37)(H,35,36). The van der Waals surface area contributed by atoms with Crippen LogP contribution in [0.2, 0.25) is 5.02 Å². The topological polar surface area (TPSA) is 112 Å². The summed E-state index contributed by atoms with van der Waals surface area (Å²) in [6.07, 6.45) is -0.0648. The van der Waals surface area contributed by atoms with Gasteiger partial charge in [0.05, 0.1) is 35.6 Å². The number of hydrogen-bond acceptors (Lipinski definition) is 6. The van der Waals surface area contributed by atoms with E-state index in [2.05, 4.69) is 10.3 Å². The molecular formula is C28H31ClN4O5S. The molecule has 2 N–H and O–H groups in total. The number of nitrogens with zero attached hydrogens (tertiary/aromatic N) is 3. The van der Waals surface area contributed by atoms with Gasteiger partial charge in [-0.3, -0.25) is 4.79 Å². The Kier molecular flexibility index (Phi) is 8.17. The Morgan fingerprint density at radius 3 is 2.54 bits per heavy atom. The van der Waals surface area contributed by atoms with Gasteiger partial charge in [-0.05, 0) is 35.2 Å². The largest absolute Gasteiger partial charge is 0.496 e. The van der Waals surface area contributed by atoms with Crippen molar-refractivity contribution < 1.29 is 24.2 Å². The fraction of sp³-hybridized carbons (Fsp3) is 0.357. The summed E-state index contributed by atoms with van der Waals surface area (Å²) >= 11 is 7.54. The number of piperazine rings is 1. The Bertz CT molecular complexity index is 1370. The first-order chi connectivity index (χ1) is 18.5. The van der Waals surface area contributed by atoms with Gasteiger partial charge in [-0.15, -0.1) is 11.3 Å². The van der Waals surface area contributed by atoms with Crippen LogP contribution in [0, 0.1) is 0 Å². The Labute approximate surface area is 236 Å². The smallest absolute Gasteiger partial charge is 0.331 e. The van der Waals surface area contributed by atoms with Gasteiger partial charge >= 0.3 is 12.0 Å². The van der Waals surface area contributed by atoms with Crippen molar-refractivity contribution in [1.29, 1.82) is 0 Å². The minimum Gasteiger partial charge on any atom is -0.496 e. The van der Waals surface area contributed by atoms with E-state index in [1.165, 1.54) is 21.1 Å². The van der Waals surface area contributed by atoms with Crippen LogP contribution in [0.25, 0.3) is 0 Å². The van der Waals surface area contributed by atoms with E-state index >= 15 is 0 Å². The third-order valence-corrected chi connectivity index (χ3v) is 7.79. The van der Waals surface area contributed by atoms with E-state index in [9.17, 15) is 19.5 Å². The quantitative estimate of drug-likeness (QED) is 0.423. The van der Waals surface area contributed by atoms with Gasteiger partial charge in [-0.25, -0.2) is 14.6 Å². The molecule has 1 saturated heterocycles. The lowest BCUT2D eigenvalue weighted by molar-refractivity contribution is -0.153. The molecule has 1 aliphatic rings. The normalized spacial score (nSPS) is 17.6. The van der Waals surface area contributed by atoms with Crippen LogP contribution in [0.15, 0.2) is 53.4 Å². The number of aromatic nitrogens is 1. The first kappa shape index (κ1) is 28.4. The van der Waals surface area contributed by atoms with Crippen LogP contribution in [-0.4, -0.2) is 70.1 Å². The highest BCUT2D eigenvalue weighted by Crippen LogP contribution is 2.34. The predicted octanol–water partition coefficient (Wildman–Crippen LogP) is 5.16. The van der Waals surface area contributed by atoms with E-state index in [-0.39, 0.29) is 31.5 Å². The molecule has 1 atom stereocenters. The van der Waals surface area contributed by atoms with Crippen LogP contribution in [0.1, 0.15) is 42.4 Å². The van der Waals surface area contributed by atoms with Crippen molar-refractivity contribution in [3.05, 3.63) is 75.2 Å². The maximum absolute atomic E-state index is 13.9. The Hall–Kier alpha value is -3.63. The molecule has 0 saturated carbocycles. The van der Waals surface area contributed by atoms with Crippen molar-refractivity contribution in [3.63, 3.8) is 0 Å². The average Bonchev–Trinajstić information content (AvgIpc) is 3.41. The third kappa shape index (κ3) is 5.86. The molecule has 3 amide bonds. The molecule has 0 aliphatic carbocycles. The van der Waals surface area contributed by atoms with Gasteiger partial charge < -0.3 is 25.0 Å². The molecule has 0 bridgehead atoms. The van der Waals surface area contributed by atoms with Crippen LogP contribution >= 0.6 is 22.9 Å². The summed E-state index contributed by atoms with van der Waals surface area (Å²) in [6.45, 7) is 6.03. The molecule has 0 spiro atoms. The number of aliphatic carboxylic acids is 1. The second kappa shape index (κ2) is 11.2. The van der Waals surface area contributed by atoms with Crippen molar-refractivity contribution in [2.45, 2.75) is 38.1 Å². The third-order valence-electron chi connectivity index (χ3n) is 6.82. The highest BCUT2D eigenvalue weighted by atomic mass is 35.5. The number of hydrogen-bond donors (Lipinski definition) is 2. The number of amides is 3. The number of nitrogens with one attached hydrogen (secondary N) is 1. The molecule has 2 heterocycles. The Balaban J connectivity index is 1.70. The molecule has 0 radical (unpaired) electrons. The van der Waals surface area contributed by atoms with Gasteiger partial charge in [0.15, 0.2) is 5.54 Å². The van der Waals surface area contributed by atoms with Crippen LogP contribution < -0.4 is 10.1 Å². The van der Waals surface area contributed by atoms with Gasteiger partial charge in [0.2, 0.25) is 0 Å². The minimum atomic E-state index is -1.75. The Morgan fingerprint density at radius 1 is 1.18 bits per heavy atom. The number of carboxylic acids is 1. The summed E-state index contributed by atoms with van der Waals surface area (Å²) in [7, 11) is 1.54. The maximum atomic E-state index is 13.9. The van der Waals surface area contributed by atoms with E-state index in [0.717, 1.165) is 5.56 Å². The predicted molar refractivity (Wildman–Crippen MR) is 151 cm³/mol. The van der Waals surface area contributed by atoms with E-state index in [0.29, 0.717) is 27.7 Å². The van der Waals surface area contributed by atoms with E-state index in [1.807, 2.05) is 26.8 Å². The lowest BCUT2D eigenvalue weighted by Crippen LogP contribution is -2.69. The first-order valence-electron chi connectivity index (χ1n) is 12.4. The minimum absolute atomic E-state index is 0.00848. The van der Waals surface area contributed by atoms with Gasteiger partial charge in [0.1, 0.15) is 5.75 Å². The van der Waals surface area contributed by atoms with Gasteiger partial charge in [-0.1, -0.05) is 50.6 Å². The van der Waals surface area contributed by atoms with Crippen LogP contribution in [0.5, 0.6) is 5.75 Å². The molecule has 4 rings (SSSR count). The molecule has 3 aromatic rings. The number of benzene rings is 2. The summed E-state index contributed by atoms with van der Waals surface area (Å²) in [5.41, 5.74) is 1.80. The number of methoxy groups -OCH3 is 1. The Morgan fingerprint density at radius 2 is 1.92 bits per heavy atom. The summed E-state index contributed by atoms with van der Waals surface area (Å²) in [6, 6.07) is 11.5. The molecule has 9 nitrogen and oxygen atoms in total. The van der Waals surface area contributed by atoms with Crippen molar-refractivity contribution in [1.82, 2.24) is 14.8 Å². The molecular weight excluding hydrogens is 540 g/mol. The number of carboxylic acid groups (broad SMARTS) is 1. The SMILES string of the molecule is COc1cc(C(=O)N2CCN(C(=O)Nc3ccccc3Cl)CC2(Cc2cscn2)C(=O)O)ccc1C(C)(C)C. The highest BCUT2D eigenvalue weighted by Gasteiger charge is 2.52. The summed E-state index contributed by atoms with van der Waals surface area (Å²) in [5, 5.41) is 15.5. The zero-order valence-electron chi connectivity index (χ0n) is 22.2. The van der Waals surface area contributed by atoms with E-state index in [1.54, 1.807) is 54.4 Å². The molecule has 11 heteroatoms. The number of carbonyl (C=O) groups is 3. The van der Waals surface area contributed by atoms with Crippen molar-refractivity contribution in [2.75, 3.05) is 32.1 Å². The molecule has 2 aromatic carbocycles. The molecule has 1 fully saturated rings. The van der Waals surface area contributed by atoms with Gasteiger partial charge in [0.25, 0.3) is 5.91 Å². The fourth-order valence-corrected chi connectivity index (χ4v) is 5.52. The lowest BCUT2D eigenvalue weighted by Gasteiger charge is -2.47. The first-order valence-corrected chi connectivity index (χ1v) is 13.7. The molecule has 39 heavy (non-hydrogen) atoms. The second-order valence-electron chi connectivity index (χ2n) is 10.4. The fourth-order valence-electron chi connectivity index (χ4n) is 4.78. The summed E-state index contributed by atoms with van der Waals surface area (Å²) in [5.74, 6) is -1.14. The number of anilines is 1. The second-order valence-corrected chi connectivity index (χ2v) is 11.6. The zero-order chi connectivity index (χ0) is 28.4. The molecule has 1 aromatic heterocycles. The molecule has 1 aliphatic heterocycles. The zero-order valence-corrected chi connectivity index (χ0v) is 23.8. The number of para-hydroxylation sites is 1. The number of thiazole rings is 1. The number of carbonyl (C=O) groups excluding carboxylic acids is 2. The molecule has 206 valence electrons. The molecule has 1 unspecified atom stereocenters. The van der Waals surface area contributed by atoms with Gasteiger partial charge in [-0.2, -0.15) is 0 Å². The number of ether oxygens (including phenoxy) is 1. The number of rotatable bonds is 6. The van der Waals surface area contributed by atoms with Crippen molar-refractivity contribution >= 4 is 46.5 Å². The number of halogens is 1. The summed E-state index contributed by atoms with van der Waals surface area (Å²) < 4.78 is 5.58. The maximum Gasteiger partial charge on any atom is 0.331 e.